The Morgan fingerprint density at radius 2 is 2.11 bits per heavy atom. The quantitative estimate of drug-likeness (QED) is 0.860. The number of hydrogen-bond acceptors (Lipinski definition) is 5. The van der Waals surface area contributed by atoms with Crippen LogP contribution < -0.4 is 10.2 Å². The molecule has 18 heavy (non-hydrogen) atoms. The van der Waals surface area contributed by atoms with Crippen LogP contribution in [0.3, 0.4) is 0 Å². The first-order valence-corrected chi connectivity index (χ1v) is 7.48. The molecule has 0 bridgehead atoms. The van der Waals surface area contributed by atoms with E-state index in [-0.39, 0.29) is 0 Å². The highest BCUT2D eigenvalue weighted by atomic mass is 32.1. The third-order valence-electron chi connectivity index (χ3n) is 3.10. The zero-order chi connectivity index (χ0) is 13.0. The minimum atomic E-state index is 0.498. The maximum absolute atomic E-state index is 5.25. The first kappa shape index (κ1) is 13.8. The summed E-state index contributed by atoms with van der Waals surface area (Å²) >= 11 is 1.81. The van der Waals surface area contributed by atoms with E-state index in [0.717, 1.165) is 25.3 Å². The van der Waals surface area contributed by atoms with Crippen molar-refractivity contribution < 1.29 is 4.74 Å². The van der Waals surface area contributed by atoms with E-state index in [4.69, 9.17) is 9.72 Å². The first-order valence-electron chi connectivity index (χ1n) is 6.66. The molecule has 5 heteroatoms. The van der Waals surface area contributed by atoms with Gasteiger partial charge in [-0.15, -0.1) is 11.3 Å². The standard InChI is InChI=1S/C13H23N3OS/c1-10(2)14-8-12-11(9-17-3)15-13(18-12)16-6-4-5-7-16/h10,14H,4-9H2,1-3H3. The average molecular weight is 269 g/mol. The molecule has 102 valence electrons. The fraction of sp³-hybridized carbons (Fsp3) is 0.769. The van der Waals surface area contributed by atoms with Crippen LogP contribution in [0.4, 0.5) is 5.13 Å². The third kappa shape index (κ3) is 3.43. The Morgan fingerprint density at radius 1 is 1.39 bits per heavy atom. The maximum Gasteiger partial charge on any atom is 0.185 e. The van der Waals surface area contributed by atoms with E-state index in [1.807, 2.05) is 11.3 Å². The van der Waals surface area contributed by atoms with Crippen LogP contribution in [0.25, 0.3) is 0 Å². The topological polar surface area (TPSA) is 37.4 Å². The van der Waals surface area contributed by atoms with Gasteiger partial charge in [0.05, 0.1) is 12.3 Å². The monoisotopic (exact) mass is 269 g/mol. The highest BCUT2D eigenvalue weighted by Crippen LogP contribution is 2.29. The number of thiazole rings is 1. The second-order valence-corrected chi connectivity index (χ2v) is 6.09. The number of nitrogens with zero attached hydrogens (tertiary/aromatic N) is 2. The van der Waals surface area contributed by atoms with Crippen LogP contribution in [0.2, 0.25) is 0 Å². The van der Waals surface area contributed by atoms with Crippen LogP contribution in [0.15, 0.2) is 0 Å². The number of anilines is 1. The summed E-state index contributed by atoms with van der Waals surface area (Å²) in [6, 6.07) is 0.498. The number of nitrogens with one attached hydrogen (secondary N) is 1. The van der Waals surface area contributed by atoms with Crippen LogP contribution in [-0.2, 0) is 17.9 Å². The van der Waals surface area contributed by atoms with Gasteiger partial charge < -0.3 is 15.0 Å². The molecule has 1 saturated heterocycles. The molecule has 0 aliphatic carbocycles. The summed E-state index contributed by atoms with van der Waals surface area (Å²) in [5.41, 5.74) is 1.09. The van der Waals surface area contributed by atoms with Gasteiger partial charge in [0.25, 0.3) is 0 Å². The molecule has 0 amide bonds. The maximum atomic E-state index is 5.25. The number of aromatic nitrogens is 1. The SMILES string of the molecule is COCc1nc(N2CCCC2)sc1CNC(C)C. The summed E-state index contributed by atoms with van der Waals surface area (Å²) in [6.07, 6.45) is 2.58. The van der Waals surface area contributed by atoms with Crippen molar-refractivity contribution in [3.05, 3.63) is 10.6 Å². The highest BCUT2D eigenvalue weighted by Gasteiger charge is 2.19. The summed E-state index contributed by atoms with van der Waals surface area (Å²) in [7, 11) is 1.73. The molecule has 0 unspecified atom stereocenters. The first-order chi connectivity index (χ1) is 8.70. The molecule has 0 saturated carbocycles. The molecule has 1 N–H and O–H groups in total. The van der Waals surface area contributed by atoms with E-state index in [1.54, 1.807) is 7.11 Å². The molecule has 2 heterocycles. The number of methoxy groups -OCH3 is 1. The van der Waals surface area contributed by atoms with Gasteiger partial charge in [0.1, 0.15) is 0 Å². The lowest BCUT2D eigenvalue weighted by molar-refractivity contribution is 0.181. The molecule has 1 aliphatic rings. The van der Waals surface area contributed by atoms with E-state index in [2.05, 4.69) is 24.1 Å². The lowest BCUT2D eigenvalue weighted by Gasteiger charge is -2.12. The van der Waals surface area contributed by atoms with Gasteiger partial charge in [-0.3, -0.25) is 0 Å². The van der Waals surface area contributed by atoms with E-state index in [0.29, 0.717) is 12.6 Å². The van der Waals surface area contributed by atoms with Crippen molar-refractivity contribution in [1.29, 1.82) is 0 Å². The Morgan fingerprint density at radius 3 is 2.72 bits per heavy atom. The predicted molar refractivity (Wildman–Crippen MR) is 76.2 cm³/mol. The van der Waals surface area contributed by atoms with Crippen molar-refractivity contribution in [3.63, 3.8) is 0 Å². The van der Waals surface area contributed by atoms with Gasteiger partial charge >= 0.3 is 0 Å². The van der Waals surface area contributed by atoms with Gasteiger partial charge in [0, 0.05) is 37.7 Å². The molecule has 2 rings (SSSR count). The van der Waals surface area contributed by atoms with Gasteiger partial charge in [-0.25, -0.2) is 4.98 Å². The van der Waals surface area contributed by atoms with E-state index >= 15 is 0 Å². The second-order valence-electron chi connectivity index (χ2n) is 5.03. The smallest absolute Gasteiger partial charge is 0.185 e. The van der Waals surface area contributed by atoms with Crippen molar-refractivity contribution in [1.82, 2.24) is 10.3 Å². The van der Waals surface area contributed by atoms with Crippen molar-refractivity contribution in [3.8, 4) is 0 Å². The van der Waals surface area contributed by atoms with Gasteiger partial charge in [-0.2, -0.15) is 0 Å². The largest absolute Gasteiger partial charge is 0.378 e. The number of ether oxygens (including phenoxy) is 1. The number of rotatable bonds is 6. The molecule has 4 nitrogen and oxygen atoms in total. The average Bonchev–Trinajstić information content (AvgIpc) is 2.95. The molecule has 0 radical (unpaired) electrons. The highest BCUT2D eigenvalue weighted by molar-refractivity contribution is 7.15. The van der Waals surface area contributed by atoms with Crippen LogP contribution in [0, 0.1) is 0 Å². The normalized spacial score (nSPS) is 15.9. The van der Waals surface area contributed by atoms with Gasteiger partial charge in [0.2, 0.25) is 0 Å². The Hall–Kier alpha value is -0.650. The molecular formula is C13H23N3OS. The van der Waals surface area contributed by atoms with Crippen molar-refractivity contribution in [2.45, 2.75) is 45.9 Å². The molecule has 1 aliphatic heterocycles. The minimum absolute atomic E-state index is 0.498. The predicted octanol–water partition coefficient (Wildman–Crippen LogP) is 2.39. The van der Waals surface area contributed by atoms with Crippen LogP contribution in [0.1, 0.15) is 37.3 Å². The fourth-order valence-electron chi connectivity index (χ4n) is 2.10. The van der Waals surface area contributed by atoms with Crippen molar-refractivity contribution >= 4 is 16.5 Å². The lowest BCUT2D eigenvalue weighted by Crippen LogP contribution is -2.21. The summed E-state index contributed by atoms with van der Waals surface area (Å²) in [5.74, 6) is 0. The Bertz CT molecular complexity index is 372. The van der Waals surface area contributed by atoms with E-state index < -0.39 is 0 Å². The minimum Gasteiger partial charge on any atom is -0.378 e. The molecule has 0 aromatic carbocycles. The zero-order valence-electron chi connectivity index (χ0n) is 11.5. The van der Waals surface area contributed by atoms with Crippen LogP contribution >= 0.6 is 11.3 Å². The molecule has 0 spiro atoms. The molecular weight excluding hydrogens is 246 g/mol. The molecule has 1 aromatic rings. The Kier molecular flexibility index (Phi) is 4.97. The van der Waals surface area contributed by atoms with Crippen LogP contribution in [-0.4, -0.2) is 31.2 Å². The lowest BCUT2D eigenvalue weighted by atomic mass is 10.3. The van der Waals surface area contributed by atoms with Crippen LogP contribution in [0.5, 0.6) is 0 Å². The number of hydrogen-bond donors (Lipinski definition) is 1. The molecule has 1 aromatic heterocycles. The van der Waals surface area contributed by atoms with Gasteiger partial charge in [-0.05, 0) is 12.8 Å². The van der Waals surface area contributed by atoms with E-state index in [9.17, 15) is 0 Å². The summed E-state index contributed by atoms with van der Waals surface area (Å²) in [5, 5.41) is 4.63. The summed E-state index contributed by atoms with van der Waals surface area (Å²) in [6.45, 7) is 8.13. The fourth-order valence-corrected chi connectivity index (χ4v) is 3.16. The Labute approximate surface area is 113 Å². The van der Waals surface area contributed by atoms with Crippen molar-refractivity contribution in [2.24, 2.45) is 0 Å². The third-order valence-corrected chi connectivity index (χ3v) is 4.25. The summed E-state index contributed by atoms with van der Waals surface area (Å²) < 4.78 is 5.25. The van der Waals surface area contributed by atoms with Crippen molar-refractivity contribution in [2.75, 3.05) is 25.1 Å². The van der Waals surface area contributed by atoms with Gasteiger partial charge in [0.15, 0.2) is 5.13 Å². The zero-order valence-corrected chi connectivity index (χ0v) is 12.3. The molecule has 1 fully saturated rings. The van der Waals surface area contributed by atoms with Gasteiger partial charge in [-0.1, -0.05) is 13.8 Å². The summed E-state index contributed by atoms with van der Waals surface area (Å²) in [4.78, 5) is 8.44. The van der Waals surface area contributed by atoms with E-state index in [1.165, 1.54) is 22.9 Å². The second kappa shape index (κ2) is 6.50. The molecule has 0 atom stereocenters. The Balaban J connectivity index is 2.09.